The molecule has 3 nitrogen and oxygen atoms in total. The SMILES string of the molecule is CCC(C)c1nn(Cc2ccc(Cl)cc2)cc1C=O. The van der Waals surface area contributed by atoms with Crippen LogP contribution in [0.15, 0.2) is 30.5 Å². The zero-order chi connectivity index (χ0) is 13.8. The predicted molar refractivity (Wildman–Crippen MR) is 76.9 cm³/mol. The van der Waals surface area contributed by atoms with Crippen molar-refractivity contribution in [2.75, 3.05) is 0 Å². The molecule has 0 spiro atoms. The number of benzene rings is 1. The van der Waals surface area contributed by atoms with E-state index in [1.165, 1.54) is 0 Å². The quantitative estimate of drug-likeness (QED) is 0.776. The zero-order valence-electron chi connectivity index (χ0n) is 11.1. The van der Waals surface area contributed by atoms with Gasteiger partial charge in [0.05, 0.1) is 17.8 Å². The van der Waals surface area contributed by atoms with Gasteiger partial charge in [-0.1, -0.05) is 37.6 Å². The van der Waals surface area contributed by atoms with Gasteiger partial charge in [0.2, 0.25) is 0 Å². The smallest absolute Gasteiger partial charge is 0.153 e. The average Bonchev–Trinajstić information content (AvgIpc) is 2.83. The molecule has 0 N–H and O–H groups in total. The van der Waals surface area contributed by atoms with Gasteiger partial charge in [0, 0.05) is 17.1 Å². The van der Waals surface area contributed by atoms with E-state index in [-0.39, 0.29) is 0 Å². The molecule has 2 aromatic rings. The number of aldehydes is 1. The highest BCUT2D eigenvalue weighted by Gasteiger charge is 2.13. The van der Waals surface area contributed by atoms with Crippen molar-refractivity contribution in [2.45, 2.75) is 32.7 Å². The Kier molecular flexibility index (Phi) is 4.38. The Morgan fingerprint density at radius 3 is 2.63 bits per heavy atom. The standard InChI is InChI=1S/C15H17ClN2O/c1-3-11(2)15-13(10-19)9-18(17-15)8-12-4-6-14(16)7-5-12/h4-7,9-11H,3,8H2,1-2H3. The van der Waals surface area contributed by atoms with Gasteiger partial charge in [-0.2, -0.15) is 5.10 Å². The van der Waals surface area contributed by atoms with Crippen LogP contribution in [0, 0.1) is 0 Å². The van der Waals surface area contributed by atoms with E-state index in [0.717, 1.165) is 29.0 Å². The second-order valence-electron chi connectivity index (χ2n) is 4.72. The fraction of sp³-hybridized carbons (Fsp3) is 0.333. The topological polar surface area (TPSA) is 34.9 Å². The summed E-state index contributed by atoms with van der Waals surface area (Å²) in [4.78, 5) is 11.1. The molecular formula is C15H17ClN2O. The van der Waals surface area contributed by atoms with Gasteiger partial charge < -0.3 is 0 Å². The molecule has 0 aliphatic rings. The van der Waals surface area contributed by atoms with Crippen molar-refractivity contribution < 1.29 is 4.79 Å². The van der Waals surface area contributed by atoms with Crippen molar-refractivity contribution in [1.29, 1.82) is 0 Å². The zero-order valence-corrected chi connectivity index (χ0v) is 11.9. The van der Waals surface area contributed by atoms with Crippen molar-refractivity contribution in [3.63, 3.8) is 0 Å². The summed E-state index contributed by atoms with van der Waals surface area (Å²) >= 11 is 5.86. The van der Waals surface area contributed by atoms with Crippen LogP contribution in [-0.2, 0) is 6.54 Å². The fourth-order valence-corrected chi connectivity index (χ4v) is 2.10. The molecule has 1 aromatic heterocycles. The number of carbonyl (C=O) groups excluding carboxylic acids is 1. The second kappa shape index (κ2) is 6.02. The molecule has 0 radical (unpaired) electrons. The van der Waals surface area contributed by atoms with Gasteiger partial charge in [-0.05, 0) is 24.1 Å². The number of aromatic nitrogens is 2. The van der Waals surface area contributed by atoms with Gasteiger partial charge in [-0.3, -0.25) is 9.48 Å². The second-order valence-corrected chi connectivity index (χ2v) is 5.16. The number of carbonyl (C=O) groups is 1. The van der Waals surface area contributed by atoms with Crippen LogP contribution in [0.5, 0.6) is 0 Å². The number of halogens is 1. The molecule has 2 rings (SSSR count). The number of hydrogen-bond acceptors (Lipinski definition) is 2. The summed E-state index contributed by atoms with van der Waals surface area (Å²) in [6.07, 6.45) is 3.66. The summed E-state index contributed by atoms with van der Waals surface area (Å²) in [6.45, 7) is 4.83. The van der Waals surface area contributed by atoms with Gasteiger partial charge >= 0.3 is 0 Å². The maximum absolute atomic E-state index is 11.1. The number of rotatable bonds is 5. The van der Waals surface area contributed by atoms with Crippen LogP contribution < -0.4 is 0 Å². The highest BCUT2D eigenvalue weighted by molar-refractivity contribution is 6.30. The van der Waals surface area contributed by atoms with Crippen molar-refractivity contribution >= 4 is 17.9 Å². The van der Waals surface area contributed by atoms with Gasteiger partial charge in [0.25, 0.3) is 0 Å². The van der Waals surface area contributed by atoms with Crippen molar-refractivity contribution in [3.8, 4) is 0 Å². The average molecular weight is 277 g/mol. The van der Waals surface area contributed by atoms with Crippen LogP contribution in [0.4, 0.5) is 0 Å². The molecule has 0 saturated heterocycles. The summed E-state index contributed by atoms with van der Waals surface area (Å²) in [5, 5.41) is 5.24. The molecular weight excluding hydrogens is 260 g/mol. The van der Waals surface area contributed by atoms with E-state index in [0.29, 0.717) is 18.0 Å². The van der Waals surface area contributed by atoms with Crippen LogP contribution in [0.3, 0.4) is 0 Å². The Hall–Kier alpha value is -1.61. The summed E-state index contributed by atoms with van der Waals surface area (Å²) in [5.41, 5.74) is 2.68. The Balaban J connectivity index is 2.23. The first-order valence-corrected chi connectivity index (χ1v) is 6.78. The summed E-state index contributed by atoms with van der Waals surface area (Å²) in [5.74, 6) is 0.298. The monoisotopic (exact) mass is 276 g/mol. The maximum atomic E-state index is 11.1. The lowest BCUT2D eigenvalue weighted by atomic mass is 10.0. The lowest BCUT2D eigenvalue weighted by molar-refractivity contribution is 0.112. The number of hydrogen-bond donors (Lipinski definition) is 0. The summed E-state index contributed by atoms with van der Waals surface area (Å²) < 4.78 is 1.81. The van der Waals surface area contributed by atoms with Crippen molar-refractivity contribution in [3.05, 3.63) is 52.3 Å². The molecule has 0 bridgehead atoms. The highest BCUT2D eigenvalue weighted by Crippen LogP contribution is 2.20. The highest BCUT2D eigenvalue weighted by atomic mass is 35.5. The van der Waals surface area contributed by atoms with E-state index in [2.05, 4.69) is 18.9 Å². The molecule has 100 valence electrons. The first-order chi connectivity index (χ1) is 9.13. The van der Waals surface area contributed by atoms with Gasteiger partial charge in [-0.25, -0.2) is 0 Å². The molecule has 0 amide bonds. The van der Waals surface area contributed by atoms with Crippen LogP contribution in [-0.4, -0.2) is 16.1 Å². The third-order valence-electron chi connectivity index (χ3n) is 3.28. The lowest BCUT2D eigenvalue weighted by Gasteiger charge is -2.05. The third kappa shape index (κ3) is 3.24. The number of nitrogens with zero attached hydrogens (tertiary/aromatic N) is 2. The van der Waals surface area contributed by atoms with Crippen LogP contribution in [0.25, 0.3) is 0 Å². The third-order valence-corrected chi connectivity index (χ3v) is 3.54. The Morgan fingerprint density at radius 1 is 1.37 bits per heavy atom. The van der Waals surface area contributed by atoms with Gasteiger partial charge in [0.15, 0.2) is 6.29 Å². The minimum Gasteiger partial charge on any atom is -0.298 e. The Labute approximate surface area is 118 Å². The predicted octanol–water partition coefficient (Wildman–Crippen LogP) is 3.91. The van der Waals surface area contributed by atoms with E-state index in [9.17, 15) is 4.79 Å². The molecule has 0 saturated carbocycles. The lowest BCUT2D eigenvalue weighted by Crippen LogP contribution is -2.02. The van der Waals surface area contributed by atoms with E-state index in [1.807, 2.05) is 35.1 Å². The van der Waals surface area contributed by atoms with Gasteiger partial charge in [-0.15, -0.1) is 0 Å². The Bertz CT molecular complexity index is 560. The first kappa shape index (κ1) is 13.8. The van der Waals surface area contributed by atoms with Crippen LogP contribution >= 0.6 is 11.6 Å². The van der Waals surface area contributed by atoms with E-state index >= 15 is 0 Å². The summed E-state index contributed by atoms with van der Waals surface area (Å²) in [6, 6.07) is 7.65. The molecule has 4 heteroatoms. The maximum Gasteiger partial charge on any atom is 0.153 e. The van der Waals surface area contributed by atoms with Gasteiger partial charge in [0.1, 0.15) is 0 Å². The Morgan fingerprint density at radius 2 is 2.05 bits per heavy atom. The molecule has 0 fully saturated rings. The first-order valence-electron chi connectivity index (χ1n) is 6.41. The normalized spacial score (nSPS) is 12.4. The molecule has 1 heterocycles. The van der Waals surface area contributed by atoms with Crippen molar-refractivity contribution in [1.82, 2.24) is 9.78 Å². The van der Waals surface area contributed by atoms with E-state index in [4.69, 9.17) is 11.6 Å². The van der Waals surface area contributed by atoms with Crippen LogP contribution in [0.2, 0.25) is 5.02 Å². The van der Waals surface area contributed by atoms with E-state index < -0.39 is 0 Å². The molecule has 1 atom stereocenters. The molecule has 1 aromatic carbocycles. The van der Waals surface area contributed by atoms with Crippen LogP contribution in [0.1, 0.15) is 47.8 Å². The molecule has 19 heavy (non-hydrogen) atoms. The molecule has 1 unspecified atom stereocenters. The minimum absolute atomic E-state index is 0.298. The summed E-state index contributed by atoms with van der Waals surface area (Å²) in [7, 11) is 0. The molecule has 0 aliphatic heterocycles. The molecule has 0 aliphatic carbocycles. The fourth-order valence-electron chi connectivity index (χ4n) is 1.98. The van der Waals surface area contributed by atoms with E-state index in [1.54, 1.807) is 0 Å². The minimum atomic E-state index is 0.298. The van der Waals surface area contributed by atoms with Crippen molar-refractivity contribution in [2.24, 2.45) is 0 Å². The largest absolute Gasteiger partial charge is 0.298 e.